The minimum absolute atomic E-state index is 0.0653. The van der Waals surface area contributed by atoms with Crippen LogP contribution in [0.25, 0.3) is 0 Å². The van der Waals surface area contributed by atoms with Gasteiger partial charge in [-0.15, -0.1) is 16.4 Å². The fourth-order valence-corrected chi connectivity index (χ4v) is 3.89. The summed E-state index contributed by atoms with van der Waals surface area (Å²) in [4.78, 5) is 3.88. The molecule has 22 heavy (non-hydrogen) atoms. The lowest BCUT2D eigenvalue weighted by atomic mass is 10.0. The van der Waals surface area contributed by atoms with Crippen LogP contribution in [0, 0.1) is 0 Å². The lowest BCUT2D eigenvalue weighted by molar-refractivity contribution is 0.169. The molecule has 3 rings (SSSR count). The number of likely N-dealkylation sites (tertiary alicyclic amines) is 1. The summed E-state index contributed by atoms with van der Waals surface area (Å²) in [5.41, 5.74) is -0.0653. The maximum atomic E-state index is 4.43. The molecule has 3 heterocycles. The molecule has 0 radical (unpaired) electrons. The zero-order chi connectivity index (χ0) is 15.6. The zero-order valence-electron chi connectivity index (χ0n) is 13.7. The summed E-state index contributed by atoms with van der Waals surface area (Å²) in [6.45, 7) is 8.85. The van der Waals surface area contributed by atoms with Crippen molar-refractivity contribution in [3.05, 3.63) is 28.2 Å². The van der Waals surface area contributed by atoms with Crippen molar-refractivity contribution in [1.82, 2.24) is 25.1 Å². The summed E-state index contributed by atoms with van der Waals surface area (Å²) in [6, 6.07) is 4.51. The number of rotatable bonds is 5. The van der Waals surface area contributed by atoms with E-state index in [9.17, 15) is 0 Å². The smallest absolute Gasteiger partial charge is 0.174 e. The second-order valence-corrected chi connectivity index (χ2v) is 7.61. The Hall–Kier alpha value is -1.27. The average Bonchev–Trinajstić information content (AvgIpc) is 3.21. The minimum Gasteiger partial charge on any atom is -0.289 e. The molecule has 120 valence electrons. The van der Waals surface area contributed by atoms with Crippen molar-refractivity contribution in [2.24, 2.45) is 0 Å². The Morgan fingerprint density at radius 3 is 2.68 bits per heavy atom. The van der Waals surface area contributed by atoms with Gasteiger partial charge in [-0.25, -0.2) is 4.68 Å². The molecule has 0 saturated carbocycles. The highest BCUT2D eigenvalue weighted by molar-refractivity contribution is 7.10. The van der Waals surface area contributed by atoms with Crippen LogP contribution < -0.4 is 0 Å². The quantitative estimate of drug-likeness (QED) is 0.847. The van der Waals surface area contributed by atoms with Crippen LogP contribution >= 0.6 is 11.3 Å². The zero-order valence-corrected chi connectivity index (χ0v) is 14.5. The summed E-state index contributed by atoms with van der Waals surface area (Å²) in [7, 11) is 0. The summed E-state index contributed by atoms with van der Waals surface area (Å²) >= 11 is 1.80. The van der Waals surface area contributed by atoms with Crippen molar-refractivity contribution in [2.75, 3.05) is 13.1 Å². The number of aromatic nitrogens is 4. The van der Waals surface area contributed by atoms with E-state index < -0.39 is 0 Å². The largest absolute Gasteiger partial charge is 0.289 e. The molecule has 2 aromatic heterocycles. The molecule has 5 nitrogen and oxygen atoms in total. The lowest BCUT2D eigenvalue weighted by Gasteiger charge is -2.35. The van der Waals surface area contributed by atoms with Gasteiger partial charge in [-0.3, -0.25) is 4.90 Å². The second-order valence-electron chi connectivity index (χ2n) is 6.63. The molecule has 0 spiro atoms. The van der Waals surface area contributed by atoms with E-state index in [0.29, 0.717) is 0 Å². The van der Waals surface area contributed by atoms with Gasteiger partial charge in [0.05, 0.1) is 5.54 Å². The highest BCUT2D eigenvalue weighted by Crippen LogP contribution is 2.34. The number of tetrazole rings is 1. The topological polar surface area (TPSA) is 46.8 Å². The number of thiophene rings is 1. The third kappa shape index (κ3) is 2.94. The summed E-state index contributed by atoms with van der Waals surface area (Å²) in [5.74, 6) is 0.983. The van der Waals surface area contributed by atoms with Gasteiger partial charge < -0.3 is 0 Å². The molecule has 0 N–H and O–H groups in total. The Balaban J connectivity index is 2.02. The van der Waals surface area contributed by atoms with Gasteiger partial charge in [0.1, 0.15) is 6.04 Å². The van der Waals surface area contributed by atoms with Gasteiger partial charge in [0.15, 0.2) is 5.82 Å². The van der Waals surface area contributed by atoms with Crippen LogP contribution in [0.2, 0.25) is 0 Å². The highest BCUT2D eigenvalue weighted by atomic mass is 32.1. The molecule has 6 heteroatoms. The van der Waals surface area contributed by atoms with E-state index in [0.717, 1.165) is 25.3 Å². The average molecular weight is 319 g/mol. The van der Waals surface area contributed by atoms with Crippen LogP contribution in [0.15, 0.2) is 17.5 Å². The molecule has 0 aliphatic carbocycles. The lowest BCUT2D eigenvalue weighted by Crippen LogP contribution is -2.38. The van der Waals surface area contributed by atoms with Crippen LogP contribution in [0.1, 0.15) is 63.2 Å². The van der Waals surface area contributed by atoms with E-state index in [1.807, 2.05) is 4.68 Å². The van der Waals surface area contributed by atoms with Crippen LogP contribution in [-0.2, 0) is 5.54 Å². The molecule has 0 unspecified atom stereocenters. The Morgan fingerprint density at radius 1 is 1.27 bits per heavy atom. The van der Waals surface area contributed by atoms with Crippen molar-refractivity contribution in [1.29, 1.82) is 0 Å². The first-order chi connectivity index (χ1) is 10.6. The summed E-state index contributed by atoms with van der Waals surface area (Å²) in [5, 5.41) is 14.9. The molecule has 1 fully saturated rings. The van der Waals surface area contributed by atoms with E-state index in [1.54, 1.807) is 11.3 Å². The van der Waals surface area contributed by atoms with Crippen molar-refractivity contribution in [3.63, 3.8) is 0 Å². The van der Waals surface area contributed by atoms with Crippen LogP contribution in [0.3, 0.4) is 0 Å². The Morgan fingerprint density at radius 2 is 2.05 bits per heavy atom. The number of hydrogen-bond donors (Lipinski definition) is 0. The Kier molecular flexibility index (Phi) is 4.59. The number of piperidine rings is 1. The van der Waals surface area contributed by atoms with Gasteiger partial charge in [0.2, 0.25) is 0 Å². The molecule has 0 amide bonds. The monoisotopic (exact) mass is 319 g/mol. The molecule has 1 atom stereocenters. The van der Waals surface area contributed by atoms with E-state index in [2.05, 4.69) is 58.7 Å². The summed E-state index contributed by atoms with van der Waals surface area (Å²) in [6.07, 6.45) is 4.86. The maximum Gasteiger partial charge on any atom is 0.174 e. The predicted octanol–water partition coefficient (Wildman–Crippen LogP) is 3.46. The van der Waals surface area contributed by atoms with Gasteiger partial charge in [0, 0.05) is 4.88 Å². The molecule has 1 aliphatic heterocycles. The molecular weight excluding hydrogens is 294 g/mol. The molecule has 1 saturated heterocycles. The first-order valence-corrected chi connectivity index (χ1v) is 9.07. The maximum absolute atomic E-state index is 4.43. The van der Waals surface area contributed by atoms with Crippen molar-refractivity contribution in [2.45, 2.75) is 58.0 Å². The first-order valence-electron chi connectivity index (χ1n) is 8.19. The van der Waals surface area contributed by atoms with E-state index in [-0.39, 0.29) is 11.6 Å². The molecule has 2 aromatic rings. The molecule has 0 bridgehead atoms. The van der Waals surface area contributed by atoms with Gasteiger partial charge >= 0.3 is 0 Å². The third-order valence-corrected chi connectivity index (χ3v) is 5.67. The standard InChI is InChI=1S/C16H25N5S/c1-4-16(2,3)21-15(17-18-19-21)14(13-9-8-12-22-13)20-10-6-5-7-11-20/h8-9,12,14H,4-7,10-11H2,1-3H3/t14-/m1/s1. The normalized spacial score (nSPS) is 18.5. The molecule has 1 aliphatic rings. The number of nitrogens with zero attached hydrogens (tertiary/aromatic N) is 5. The third-order valence-electron chi connectivity index (χ3n) is 4.75. The van der Waals surface area contributed by atoms with Gasteiger partial charge in [0.25, 0.3) is 0 Å². The first kappa shape index (κ1) is 15.6. The van der Waals surface area contributed by atoms with Crippen LogP contribution in [-0.4, -0.2) is 38.2 Å². The second kappa shape index (κ2) is 6.46. The molecule has 0 aromatic carbocycles. The molecular formula is C16H25N5S. The van der Waals surface area contributed by atoms with E-state index in [4.69, 9.17) is 0 Å². The van der Waals surface area contributed by atoms with Gasteiger partial charge in [-0.05, 0) is 68.1 Å². The minimum atomic E-state index is -0.0653. The van der Waals surface area contributed by atoms with Crippen LogP contribution in [0.4, 0.5) is 0 Å². The van der Waals surface area contributed by atoms with Crippen molar-refractivity contribution in [3.8, 4) is 0 Å². The van der Waals surface area contributed by atoms with Crippen molar-refractivity contribution >= 4 is 11.3 Å². The van der Waals surface area contributed by atoms with Crippen LogP contribution in [0.5, 0.6) is 0 Å². The SMILES string of the molecule is CCC(C)(C)n1nnnc1[C@@H](c1cccs1)N1CCCCC1. The van der Waals surface area contributed by atoms with E-state index in [1.165, 1.54) is 24.1 Å². The number of hydrogen-bond acceptors (Lipinski definition) is 5. The van der Waals surface area contributed by atoms with Gasteiger partial charge in [-0.2, -0.15) is 0 Å². The Bertz CT molecular complexity index is 583. The fraction of sp³-hybridized carbons (Fsp3) is 0.688. The fourth-order valence-electron chi connectivity index (χ4n) is 3.04. The highest BCUT2D eigenvalue weighted by Gasteiger charge is 2.33. The predicted molar refractivity (Wildman–Crippen MR) is 89.0 cm³/mol. The Labute approximate surface area is 136 Å². The van der Waals surface area contributed by atoms with Gasteiger partial charge in [-0.1, -0.05) is 19.4 Å². The van der Waals surface area contributed by atoms with E-state index >= 15 is 0 Å². The van der Waals surface area contributed by atoms with Crippen molar-refractivity contribution < 1.29 is 0 Å². The summed E-state index contributed by atoms with van der Waals surface area (Å²) < 4.78 is 2.03.